The lowest BCUT2D eigenvalue weighted by atomic mass is 9.85. The molecule has 1 aliphatic heterocycles. The number of rotatable bonds is 0. The van der Waals surface area contributed by atoms with Gasteiger partial charge >= 0.3 is 0 Å². The second kappa shape index (κ2) is 2.73. The van der Waals surface area contributed by atoms with Crippen LogP contribution in [0.25, 0.3) is 0 Å². The van der Waals surface area contributed by atoms with E-state index in [2.05, 4.69) is 0 Å². The van der Waals surface area contributed by atoms with Crippen molar-refractivity contribution in [1.29, 1.82) is 0 Å². The molecule has 0 amide bonds. The first kappa shape index (κ1) is 8.97. The average molecular weight is 160 g/mol. The largest absolute Gasteiger partial charge is 0.373 e. The summed E-state index contributed by atoms with van der Waals surface area (Å²) in [5, 5.41) is 9.86. The molecule has 1 saturated heterocycles. The molecule has 3 heteroatoms. The molecule has 11 heavy (non-hydrogen) atoms. The van der Waals surface area contributed by atoms with E-state index in [0.29, 0.717) is 13.2 Å². The topological polar surface area (TPSA) is 38.7 Å². The standard InChI is InChI=1S/C8H16O3/c1-7(2,3)8(9)6-10-4-5-11-8/h9H,4-6H2,1-3H3. The highest BCUT2D eigenvalue weighted by Crippen LogP contribution is 2.33. The summed E-state index contributed by atoms with van der Waals surface area (Å²) in [5.41, 5.74) is -0.284. The van der Waals surface area contributed by atoms with Gasteiger partial charge in [-0.2, -0.15) is 0 Å². The molecule has 0 spiro atoms. The number of hydrogen-bond acceptors (Lipinski definition) is 3. The molecule has 1 fully saturated rings. The fraction of sp³-hybridized carbons (Fsp3) is 1.00. The highest BCUT2D eigenvalue weighted by molar-refractivity contribution is 4.83. The van der Waals surface area contributed by atoms with E-state index in [-0.39, 0.29) is 12.0 Å². The first-order chi connectivity index (χ1) is 4.96. The monoisotopic (exact) mass is 160 g/mol. The van der Waals surface area contributed by atoms with Crippen LogP contribution in [0.3, 0.4) is 0 Å². The van der Waals surface area contributed by atoms with E-state index < -0.39 is 5.79 Å². The predicted molar refractivity (Wildman–Crippen MR) is 41.2 cm³/mol. The van der Waals surface area contributed by atoms with Gasteiger partial charge < -0.3 is 14.6 Å². The van der Waals surface area contributed by atoms with Gasteiger partial charge in [0.1, 0.15) is 6.61 Å². The minimum absolute atomic E-state index is 0.274. The van der Waals surface area contributed by atoms with Crippen LogP contribution in [0.1, 0.15) is 20.8 Å². The van der Waals surface area contributed by atoms with Gasteiger partial charge in [-0.25, -0.2) is 0 Å². The Labute approximate surface area is 67.3 Å². The zero-order valence-corrected chi connectivity index (χ0v) is 7.39. The van der Waals surface area contributed by atoms with Crippen LogP contribution in [-0.2, 0) is 9.47 Å². The number of ether oxygens (including phenoxy) is 2. The van der Waals surface area contributed by atoms with Crippen LogP contribution in [0.5, 0.6) is 0 Å². The maximum atomic E-state index is 9.86. The van der Waals surface area contributed by atoms with Crippen LogP contribution < -0.4 is 0 Å². The second-order valence-corrected chi connectivity index (χ2v) is 3.94. The van der Waals surface area contributed by atoms with E-state index in [0.717, 1.165) is 0 Å². The normalized spacial score (nSPS) is 33.8. The van der Waals surface area contributed by atoms with Crippen molar-refractivity contribution in [3.63, 3.8) is 0 Å². The number of aliphatic hydroxyl groups is 1. The third kappa shape index (κ3) is 1.72. The Morgan fingerprint density at radius 2 is 1.91 bits per heavy atom. The summed E-state index contributed by atoms with van der Waals surface area (Å²) in [6.07, 6.45) is 0. The first-order valence-corrected chi connectivity index (χ1v) is 3.90. The summed E-state index contributed by atoms with van der Waals surface area (Å²) in [6, 6.07) is 0. The molecule has 0 aliphatic carbocycles. The van der Waals surface area contributed by atoms with E-state index in [9.17, 15) is 5.11 Å². The third-order valence-electron chi connectivity index (χ3n) is 2.04. The molecule has 0 aromatic carbocycles. The first-order valence-electron chi connectivity index (χ1n) is 3.90. The van der Waals surface area contributed by atoms with E-state index in [4.69, 9.17) is 9.47 Å². The Bertz CT molecular complexity index is 131. The molecule has 66 valence electrons. The van der Waals surface area contributed by atoms with Gasteiger partial charge in [-0.05, 0) is 0 Å². The summed E-state index contributed by atoms with van der Waals surface area (Å²) in [7, 11) is 0. The van der Waals surface area contributed by atoms with Crippen molar-refractivity contribution in [1.82, 2.24) is 0 Å². The Kier molecular flexibility index (Phi) is 2.23. The van der Waals surface area contributed by atoms with E-state index >= 15 is 0 Å². The van der Waals surface area contributed by atoms with Crippen molar-refractivity contribution < 1.29 is 14.6 Å². The summed E-state index contributed by atoms with van der Waals surface area (Å²) in [5.74, 6) is -1.11. The summed E-state index contributed by atoms with van der Waals surface area (Å²) < 4.78 is 10.4. The summed E-state index contributed by atoms with van der Waals surface area (Å²) in [6.45, 7) is 7.13. The van der Waals surface area contributed by atoms with Crippen molar-refractivity contribution >= 4 is 0 Å². The molecule has 0 saturated carbocycles. The molecule has 1 unspecified atom stereocenters. The highest BCUT2D eigenvalue weighted by Gasteiger charge is 2.43. The zero-order chi connectivity index (χ0) is 8.54. The molecule has 1 atom stereocenters. The Morgan fingerprint density at radius 1 is 1.27 bits per heavy atom. The second-order valence-electron chi connectivity index (χ2n) is 3.94. The minimum atomic E-state index is -1.11. The minimum Gasteiger partial charge on any atom is -0.373 e. The van der Waals surface area contributed by atoms with Crippen molar-refractivity contribution in [3.05, 3.63) is 0 Å². The molecule has 0 aromatic rings. The summed E-state index contributed by atoms with van der Waals surface area (Å²) in [4.78, 5) is 0. The van der Waals surface area contributed by atoms with Gasteiger partial charge in [-0.1, -0.05) is 20.8 Å². The lowest BCUT2D eigenvalue weighted by Gasteiger charge is -2.41. The molecule has 0 aromatic heterocycles. The van der Waals surface area contributed by atoms with E-state index in [1.54, 1.807) is 0 Å². The van der Waals surface area contributed by atoms with Crippen molar-refractivity contribution in [3.8, 4) is 0 Å². The molecular formula is C8H16O3. The quantitative estimate of drug-likeness (QED) is 0.568. The Balaban J connectivity index is 2.64. The Hall–Kier alpha value is -0.120. The molecular weight excluding hydrogens is 144 g/mol. The van der Waals surface area contributed by atoms with Crippen LogP contribution in [0.2, 0.25) is 0 Å². The maximum Gasteiger partial charge on any atom is 0.194 e. The molecule has 1 rings (SSSR count). The predicted octanol–water partition coefficient (Wildman–Crippen LogP) is 0.768. The molecule has 0 radical (unpaired) electrons. The van der Waals surface area contributed by atoms with Gasteiger partial charge in [0.25, 0.3) is 0 Å². The van der Waals surface area contributed by atoms with Gasteiger partial charge in [-0.15, -0.1) is 0 Å². The molecule has 1 aliphatic rings. The summed E-state index contributed by atoms with van der Waals surface area (Å²) >= 11 is 0. The number of hydrogen-bond donors (Lipinski definition) is 1. The smallest absolute Gasteiger partial charge is 0.194 e. The van der Waals surface area contributed by atoms with Crippen molar-refractivity contribution in [2.75, 3.05) is 19.8 Å². The lowest BCUT2D eigenvalue weighted by molar-refractivity contribution is -0.313. The van der Waals surface area contributed by atoms with Gasteiger partial charge in [0, 0.05) is 5.41 Å². The Morgan fingerprint density at radius 3 is 2.18 bits per heavy atom. The van der Waals surface area contributed by atoms with Gasteiger partial charge in [0.15, 0.2) is 5.79 Å². The van der Waals surface area contributed by atoms with E-state index in [1.807, 2.05) is 20.8 Å². The molecule has 3 nitrogen and oxygen atoms in total. The fourth-order valence-electron chi connectivity index (χ4n) is 0.955. The fourth-order valence-corrected chi connectivity index (χ4v) is 0.955. The molecule has 1 heterocycles. The third-order valence-corrected chi connectivity index (χ3v) is 2.04. The average Bonchev–Trinajstić information content (AvgIpc) is 1.87. The molecule has 0 bridgehead atoms. The van der Waals surface area contributed by atoms with Crippen molar-refractivity contribution in [2.45, 2.75) is 26.6 Å². The van der Waals surface area contributed by atoms with E-state index in [1.165, 1.54) is 0 Å². The van der Waals surface area contributed by atoms with Crippen LogP contribution in [0.4, 0.5) is 0 Å². The van der Waals surface area contributed by atoms with Gasteiger partial charge in [0.2, 0.25) is 0 Å². The maximum absolute atomic E-state index is 9.86. The lowest BCUT2D eigenvalue weighted by Crippen LogP contribution is -2.52. The van der Waals surface area contributed by atoms with Crippen LogP contribution in [0, 0.1) is 5.41 Å². The van der Waals surface area contributed by atoms with Gasteiger partial charge in [-0.3, -0.25) is 0 Å². The van der Waals surface area contributed by atoms with Crippen LogP contribution in [-0.4, -0.2) is 30.7 Å². The van der Waals surface area contributed by atoms with Gasteiger partial charge in [0.05, 0.1) is 13.2 Å². The van der Waals surface area contributed by atoms with Crippen LogP contribution >= 0.6 is 0 Å². The van der Waals surface area contributed by atoms with Crippen LogP contribution in [0.15, 0.2) is 0 Å². The van der Waals surface area contributed by atoms with Crippen molar-refractivity contribution in [2.24, 2.45) is 5.41 Å². The zero-order valence-electron chi connectivity index (χ0n) is 7.39. The molecule has 1 N–H and O–H groups in total. The highest BCUT2D eigenvalue weighted by atomic mass is 16.7. The SMILES string of the molecule is CC(C)(C)C1(O)COCCO1.